The van der Waals surface area contributed by atoms with Crippen LogP contribution in [0.1, 0.15) is 18.9 Å². The van der Waals surface area contributed by atoms with Crippen molar-refractivity contribution in [3.63, 3.8) is 0 Å². The lowest BCUT2D eigenvalue weighted by atomic mass is 10.1. The van der Waals surface area contributed by atoms with Crippen LogP contribution in [0, 0.1) is 5.82 Å². The number of aromatic hydroxyl groups is 1. The van der Waals surface area contributed by atoms with Gasteiger partial charge in [-0.05, 0) is 24.6 Å². The second-order valence-electron chi connectivity index (χ2n) is 4.04. The predicted octanol–water partition coefficient (Wildman–Crippen LogP) is 1.99. The van der Waals surface area contributed by atoms with E-state index in [4.69, 9.17) is 4.74 Å². The zero-order valence-corrected chi connectivity index (χ0v) is 10.5. The number of nitrogens with one attached hydrogen (secondary N) is 1. The minimum absolute atomic E-state index is 0.0634. The summed E-state index contributed by atoms with van der Waals surface area (Å²) >= 11 is 0. The van der Waals surface area contributed by atoms with Crippen molar-refractivity contribution in [2.45, 2.75) is 13.0 Å². The van der Waals surface area contributed by atoms with Gasteiger partial charge in [0.1, 0.15) is 23.3 Å². The summed E-state index contributed by atoms with van der Waals surface area (Å²) in [7, 11) is 1.46. The fourth-order valence-corrected chi connectivity index (χ4v) is 1.69. The number of H-pyrrole nitrogens is 1. The third-order valence-corrected chi connectivity index (χ3v) is 2.77. The second kappa shape index (κ2) is 5.19. The first-order chi connectivity index (χ1) is 9.02. The molecule has 0 amide bonds. The van der Waals surface area contributed by atoms with Crippen molar-refractivity contribution in [2.24, 2.45) is 0 Å². The van der Waals surface area contributed by atoms with Crippen LogP contribution in [0.3, 0.4) is 0 Å². The molecule has 0 bridgehead atoms. The highest BCUT2D eigenvalue weighted by atomic mass is 19.1. The molecule has 1 aromatic carbocycles. The molecule has 6 heteroatoms. The van der Waals surface area contributed by atoms with Crippen molar-refractivity contribution >= 4 is 0 Å². The standard InChI is InChI=1S/C13H13FN2O3/c1-7(19-2)11-15-12(17)10(13(18)16-11)8-4-3-5-9(14)6-8/h3-7H,1-2H3,(H2,15,16,17,18). The fourth-order valence-electron chi connectivity index (χ4n) is 1.69. The Kier molecular flexibility index (Phi) is 3.62. The van der Waals surface area contributed by atoms with Gasteiger partial charge in [-0.15, -0.1) is 0 Å². The molecule has 0 aliphatic rings. The molecule has 2 rings (SSSR count). The SMILES string of the molecule is COC(C)c1nc(O)c(-c2cccc(F)c2)c(=O)[nH]1. The van der Waals surface area contributed by atoms with Gasteiger partial charge in [0.2, 0.25) is 5.88 Å². The Labute approximate surface area is 108 Å². The number of aromatic amines is 1. The molecule has 0 aliphatic heterocycles. The number of benzene rings is 1. The maximum Gasteiger partial charge on any atom is 0.262 e. The van der Waals surface area contributed by atoms with Gasteiger partial charge < -0.3 is 14.8 Å². The van der Waals surface area contributed by atoms with Crippen LogP contribution in [-0.2, 0) is 4.74 Å². The lowest BCUT2D eigenvalue weighted by molar-refractivity contribution is 0.111. The highest BCUT2D eigenvalue weighted by Gasteiger charge is 2.16. The van der Waals surface area contributed by atoms with Crippen LogP contribution >= 0.6 is 0 Å². The molecule has 1 heterocycles. The average Bonchev–Trinajstić information content (AvgIpc) is 2.37. The van der Waals surface area contributed by atoms with Crippen LogP contribution in [0.5, 0.6) is 5.88 Å². The molecule has 5 nitrogen and oxygen atoms in total. The second-order valence-corrected chi connectivity index (χ2v) is 4.04. The first-order valence-electron chi connectivity index (χ1n) is 5.65. The first kappa shape index (κ1) is 13.2. The van der Waals surface area contributed by atoms with Gasteiger partial charge in [-0.3, -0.25) is 4.79 Å². The normalized spacial score (nSPS) is 12.4. The maximum atomic E-state index is 13.1. The minimum atomic E-state index is -0.544. The summed E-state index contributed by atoms with van der Waals surface area (Å²) < 4.78 is 18.2. The molecular formula is C13H13FN2O3. The Morgan fingerprint density at radius 2 is 2.21 bits per heavy atom. The highest BCUT2D eigenvalue weighted by molar-refractivity contribution is 5.67. The Bertz CT molecular complexity index is 655. The van der Waals surface area contributed by atoms with Crippen LogP contribution in [0.15, 0.2) is 29.1 Å². The summed E-state index contributed by atoms with van der Waals surface area (Å²) in [6.07, 6.45) is -0.458. The van der Waals surface area contributed by atoms with Gasteiger partial charge in [-0.1, -0.05) is 12.1 Å². The molecule has 0 spiro atoms. The summed E-state index contributed by atoms with van der Waals surface area (Å²) in [6.45, 7) is 1.68. The smallest absolute Gasteiger partial charge is 0.262 e. The number of methoxy groups -OCH3 is 1. The highest BCUT2D eigenvalue weighted by Crippen LogP contribution is 2.25. The zero-order chi connectivity index (χ0) is 14.0. The Morgan fingerprint density at radius 3 is 2.79 bits per heavy atom. The van der Waals surface area contributed by atoms with Crippen LogP contribution in [-0.4, -0.2) is 22.2 Å². The largest absolute Gasteiger partial charge is 0.493 e. The number of ether oxygens (including phenoxy) is 1. The quantitative estimate of drug-likeness (QED) is 0.889. The van der Waals surface area contributed by atoms with E-state index in [-0.39, 0.29) is 17.0 Å². The molecule has 1 atom stereocenters. The Balaban J connectivity index is 2.57. The number of hydrogen-bond acceptors (Lipinski definition) is 4. The van der Waals surface area contributed by atoms with Crippen molar-refractivity contribution in [1.29, 1.82) is 0 Å². The first-order valence-corrected chi connectivity index (χ1v) is 5.65. The molecule has 2 N–H and O–H groups in total. The van der Waals surface area contributed by atoms with Gasteiger partial charge in [-0.25, -0.2) is 4.39 Å². The molecule has 1 aromatic heterocycles. The molecule has 0 aliphatic carbocycles. The Hall–Kier alpha value is -2.21. The molecule has 19 heavy (non-hydrogen) atoms. The number of hydrogen-bond donors (Lipinski definition) is 2. The molecule has 100 valence electrons. The van der Waals surface area contributed by atoms with E-state index in [9.17, 15) is 14.3 Å². The average molecular weight is 264 g/mol. The van der Waals surface area contributed by atoms with Gasteiger partial charge in [0.15, 0.2) is 0 Å². The number of rotatable bonds is 3. The van der Waals surface area contributed by atoms with E-state index in [1.807, 2.05) is 0 Å². The van der Waals surface area contributed by atoms with E-state index in [2.05, 4.69) is 9.97 Å². The molecular weight excluding hydrogens is 251 g/mol. The van der Waals surface area contributed by atoms with Crippen LogP contribution < -0.4 is 5.56 Å². The molecule has 0 fully saturated rings. The van der Waals surface area contributed by atoms with Gasteiger partial charge in [0, 0.05) is 7.11 Å². The summed E-state index contributed by atoms with van der Waals surface area (Å²) in [5.74, 6) is -0.732. The Morgan fingerprint density at radius 1 is 1.47 bits per heavy atom. The van der Waals surface area contributed by atoms with Crippen molar-refractivity contribution < 1.29 is 14.2 Å². The molecule has 0 radical (unpaired) electrons. The number of halogens is 1. The topological polar surface area (TPSA) is 75.2 Å². The van der Waals surface area contributed by atoms with Crippen LogP contribution in [0.25, 0.3) is 11.1 Å². The monoisotopic (exact) mass is 264 g/mol. The molecule has 0 saturated carbocycles. The van der Waals surface area contributed by atoms with E-state index < -0.39 is 23.4 Å². The molecule has 1 unspecified atom stereocenters. The minimum Gasteiger partial charge on any atom is -0.493 e. The van der Waals surface area contributed by atoms with Gasteiger partial charge >= 0.3 is 0 Å². The van der Waals surface area contributed by atoms with E-state index in [1.165, 1.54) is 25.3 Å². The predicted molar refractivity (Wildman–Crippen MR) is 67.3 cm³/mol. The van der Waals surface area contributed by atoms with Gasteiger partial charge in [-0.2, -0.15) is 4.98 Å². The summed E-state index contributed by atoms with van der Waals surface area (Å²) in [5, 5.41) is 9.85. The van der Waals surface area contributed by atoms with Gasteiger partial charge in [0.25, 0.3) is 5.56 Å². The van der Waals surface area contributed by atoms with Crippen molar-refractivity contribution in [3.05, 3.63) is 46.3 Å². The number of nitrogens with zero attached hydrogens (tertiary/aromatic N) is 1. The third-order valence-electron chi connectivity index (χ3n) is 2.77. The van der Waals surface area contributed by atoms with E-state index in [1.54, 1.807) is 6.92 Å². The van der Waals surface area contributed by atoms with Crippen molar-refractivity contribution in [1.82, 2.24) is 9.97 Å². The summed E-state index contributed by atoms with van der Waals surface area (Å²) in [6, 6.07) is 5.39. The van der Waals surface area contributed by atoms with Crippen LogP contribution in [0.4, 0.5) is 4.39 Å². The summed E-state index contributed by atoms with van der Waals surface area (Å²) in [5.41, 5.74) is -0.341. The summed E-state index contributed by atoms with van der Waals surface area (Å²) in [4.78, 5) is 18.3. The molecule has 0 saturated heterocycles. The van der Waals surface area contributed by atoms with Gasteiger partial charge in [0.05, 0.1) is 0 Å². The van der Waals surface area contributed by atoms with E-state index in [0.29, 0.717) is 0 Å². The van der Waals surface area contributed by atoms with Crippen molar-refractivity contribution in [3.8, 4) is 17.0 Å². The lowest BCUT2D eigenvalue weighted by Crippen LogP contribution is -2.16. The van der Waals surface area contributed by atoms with E-state index in [0.717, 1.165) is 6.07 Å². The van der Waals surface area contributed by atoms with Crippen LogP contribution in [0.2, 0.25) is 0 Å². The lowest BCUT2D eigenvalue weighted by Gasteiger charge is -2.10. The fraction of sp³-hybridized carbons (Fsp3) is 0.231. The van der Waals surface area contributed by atoms with E-state index >= 15 is 0 Å². The number of aromatic nitrogens is 2. The zero-order valence-electron chi connectivity index (χ0n) is 10.5. The maximum absolute atomic E-state index is 13.1. The third kappa shape index (κ3) is 2.63. The molecule has 2 aromatic rings. The van der Waals surface area contributed by atoms with Crippen molar-refractivity contribution in [2.75, 3.05) is 7.11 Å².